The molecule has 1 amide bonds. The number of H-pyrrole nitrogens is 1. The minimum atomic E-state index is -0.895. The van der Waals surface area contributed by atoms with Crippen LogP contribution in [-0.4, -0.2) is 39.6 Å². The number of rotatable bonds is 5. The molecule has 2 N–H and O–H groups in total. The van der Waals surface area contributed by atoms with Crippen LogP contribution in [0.5, 0.6) is 0 Å². The van der Waals surface area contributed by atoms with Crippen molar-refractivity contribution in [2.24, 2.45) is 0 Å². The van der Waals surface area contributed by atoms with E-state index < -0.39 is 35.0 Å². The van der Waals surface area contributed by atoms with Gasteiger partial charge in [-0.15, -0.1) is 0 Å². The molecule has 1 aromatic heterocycles. The summed E-state index contributed by atoms with van der Waals surface area (Å²) in [6, 6.07) is 2.22. The van der Waals surface area contributed by atoms with Gasteiger partial charge >= 0.3 is 6.09 Å². The summed E-state index contributed by atoms with van der Waals surface area (Å²) in [5.74, 6) is -1.10. The van der Waals surface area contributed by atoms with Gasteiger partial charge in [-0.3, -0.25) is 5.10 Å². The molecule has 2 aromatic rings. The molecule has 0 spiro atoms. The Labute approximate surface area is 156 Å². The lowest BCUT2D eigenvalue weighted by Gasteiger charge is -2.32. The average molecular weight is 382 g/mol. The van der Waals surface area contributed by atoms with Gasteiger partial charge in [-0.1, -0.05) is 0 Å². The summed E-state index contributed by atoms with van der Waals surface area (Å²) in [5.41, 5.74) is -1.68. The van der Waals surface area contributed by atoms with Crippen LogP contribution in [0.3, 0.4) is 0 Å². The largest absolute Gasteiger partial charge is 0.444 e. The van der Waals surface area contributed by atoms with Gasteiger partial charge in [-0.2, -0.15) is 5.10 Å². The van der Waals surface area contributed by atoms with Crippen molar-refractivity contribution in [3.05, 3.63) is 35.7 Å². The lowest BCUT2D eigenvalue weighted by Crippen LogP contribution is -2.45. The summed E-state index contributed by atoms with van der Waals surface area (Å²) in [4.78, 5) is 16.4. The number of halogens is 2. The molecule has 0 bridgehead atoms. The Morgan fingerprint density at radius 3 is 2.48 bits per heavy atom. The number of methoxy groups -OCH3 is 1. The standard InChI is InChI=1S/C18H24F2N4O3/c1-17(2,3)27-16(25)21-13(18(4,5)26-6)15-22-14(23-24-15)11-9-10(19)7-8-12(11)20/h7-9,13H,1-6H3,(H,21,25)(H,22,23,24)/t13-/m0/s1. The molecule has 1 aromatic carbocycles. The number of hydrogen-bond acceptors (Lipinski definition) is 5. The number of benzene rings is 1. The van der Waals surface area contributed by atoms with E-state index in [4.69, 9.17) is 9.47 Å². The highest BCUT2D eigenvalue weighted by Gasteiger charge is 2.36. The molecule has 0 fully saturated rings. The molecule has 0 aliphatic heterocycles. The van der Waals surface area contributed by atoms with E-state index in [1.165, 1.54) is 7.11 Å². The molecule has 1 atom stereocenters. The topological polar surface area (TPSA) is 89.1 Å². The van der Waals surface area contributed by atoms with E-state index in [0.717, 1.165) is 18.2 Å². The van der Waals surface area contributed by atoms with Crippen LogP contribution in [0, 0.1) is 11.6 Å². The predicted octanol–water partition coefficient (Wildman–Crippen LogP) is 3.74. The minimum absolute atomic E-state index is 0.0371. The van der Waals surface area contributed by atoms with Crippen LogP contribution in [0.1, 0.15) is 46.5 Å². The Kier molecular flexibility index (Phi) is 5.84. The molecule has 7 nitrogen and oxygen atoms in total. The molecular formula is C18H24F2N4O3. The maximum Gasteiger partial charge on any atom is 0.408 e. The van der Waals surface area contributed by atoms with Crippen molar-refractivity contribution < 1.29 is 23.0 Å². The highest BCUT2D eigenvalue weighted by atomic mass is 19.1. The van der Waals surface area contributed by atoms with Crippen molar-refractivity contribution >= 4 is 6.09 Å². The Morgan fingerprint density at radius 1 is 1.22 bits per heavy atom. The van der Waals surface area contributed by atoms with Crippen molar-refractivity contribution in [2.75, 3.05) is 7.11 Å². The van der Waals surface area contributed by atoms with Crippen molar-refractivity contribution in [2.45, 2.75) is 51.9 Å². The van der Waals surface area contributed by atoms with Gasteiger partial charge in [0.05, 0.1) is 11.2 Å². The van der Waals surface area contributed by atoms with Gasteiger partial charge < -0.3 is 14.8 Å². The van der Waals surface area contributed by atoms with Crippen LogP contribution >= 0.6 is 0 Å². The second kappa shape index (κ2) is 7.59. The van der Waals surface area contributed by atoms with Crippen molar-refractivity contribution in [3.8, 4) is 11.4 Å². The maximum atomic E-state index is 14.0. The first-order valence-corrected chi connectivity index (χ1v) is 8.35. The third-order valence-electron chi connectivity index (χ3n) is 3.83. The smallest absolute Gasteiger partial charge is 0.408 e. The van der Waals surface area contributed by atoms with E-state index in [1.807, 2.05) is 0 Å². The Hall–Kier alpha value is -2.55. The Balaban J connectivity index is 2.36. The normalized spacial score (nSPS) is 13.3. The van der Waals surface area contributed by atoms with Crippen LogP contribution < -0.4 is 5.32 Å². The summed E-state index contributed by atoms with van der Waals surface area (Å²) < 4.78 is 38.2. The van der Waals surface area contributed by atoms with Crippen LogP contribution in [-0.2, 0) is 9.47 Å². The number of nitrogens with zero attached hydrogens (tertiary/aromatic N) is 2. The summed E-state index contributed by atoms with van der Waals surface area (Å²) in [6.45, 7) is 8.69. The van der Waals surface area contributed by atoms with E-state index in [-0.39, 0.29) is 17.2 Å². The number of carbonyl (C=O) groups excluding carboxylic acids is 1. The first kappa shape index (κ1) is 20.8. The molecule has 27 heavy (non-hydrogen) atoms. The summed E-state index contributed by atoms with van der Waals surface area (Å²) in [7, 11) is 1.48. The van der Waals surface area contributed by atoms with Crippen molar-refractivity contribution in [1.82, 2.24) is 20.5 Å². The van der Waals surface area contributed by atoms with E-state index in [2.05, 4.69) is 20.5 Å². The van der Waals surface area contributed by atoms with Crippen LogP contribution in [0.25, 0.3) is 11.4 Å². The molecule has 2 rings (SSSR count). The molecule has 0 aliphatic carbocycles. The molecule has 0 unspecified atom stereocenters. The fourth-order valence-corrected chi connectivity index (χ4v) is 2.31. The third kappa shape index (κ3) is 5.22. The first-order valence-electron chi connectivity index (χ1n) is 8.35. The lowest BCUT2D eigenvalue weighted by molar-refractivity contribution is -0.0193. The Morgan fingerprint density at radius 2 is 1.89 bits per heavy atom. The quantitative estimate of drug-likeness (QED) is 0.822. The van der Waals surface area contributed by atoms with E-state index in [1.54, 1.807) is 34.6 Å². The molecule has 0 radical (unpaired) electrons. The molecule has 148 valence electrons. The van der Waals surface area contributed by atoms with Crippen LogP contribution in [0.4, 0.5) is 13.6 Å². The number of carbonyl (C=O) groups is 1. The van der Waals surface area contributed by atoms with Crippen LogP contribution in [0.2, 0.25) is 0 Å². The number of ether oxygens (including phenoxy) is 2. The number of aromatic nitrogens is 3. The van der Waals surface area contributed by atoms with Crippen molar-refractivity contribution in [3.63, 3.8) is 0 Å². The Bertz CT molecular complexity index is 815. The van der Waals surface area contributed by atoms with Crippen LogP contribution in [0.15, 0.2) is 18.2 Å². The van der Waals surface area contributed by atoms with Gasteiger partial charge in [0.15, 0.2) is 11.6 Å². The minimum Gasteiger partial charge on any atom is -0.444 e. The average Bonchev–Trinajstić information content (AvgIpc) is 3.02. The highest BCUT2D eigenvalue weighted by Crippen LogP contribution is 2.29. The van der Waals surface area contributed by atoms with E-state index >= 15 is 0 Å². The van der Waals surface area contributed by atoms with Gasteiger partial charge in [0.1, 0.15) is 23.3 Å². The summed E-state index contributed by atoms with van der Waals surface area (Å²) >= 11 is 0. The van der Waals surface area contributed by atoms with Gasteiger partial charge in [0.2, 0.25) is 0 Å². The number of nitrogens with one attached hydrogen (secondary N) is 2. The second-order valence-corrected chi connectivity index (χ2v) is 7.56. The third-order valence-corrected chi connectivity index (χ3v) is 3.83. The zero-order valence-corrected chi connectivity index (χ0v) is 16.2. The first-order chi connectivity index (χ1) is 12.4. The summed E-state index contributed by atoms with van der Waals surface area (Å²) in [5, 5.41) is 9.29. The SMILES string of the molecule is COC(C)(C)[C@@H](NC(=O)OC(C)(C)C)c1nc(-c2cc(F)ccc2F)n[nH]1. The van der Waals surface area contributed by atoms with Gasteiger partial charge in [-0.05, 0) is 52.8 Å². The lowest BCUT2D eigenvalue weighted by atomic mass is 9.98. The predicted molar refractivity (Wildman–Crippen MR) is 94.9 cm³/mol. The van der Waals surface area contributed by atoms with Crippen molar-refractivity contribution in [1.29, 1.82) is 0 Å². The van der Waals surface area contributed by atoms with Gasteiger partial charge in [-0.25, -0.2) is 18.6 Å². The number of hydrogen-bond donors (Lipinski definition) is 2. The molecule has 0 saturated carbocycles. The number of alkyl carbamates (subject to hydrolysis) is 1. The van der Waals surface area contributed by atoms with E-state index in [0.29, 0.717) is 0 Å². The fraction of sp³-hybridized carbons (Fsp3) is 0.500. The molecule has 9 heteroatoms. The number of aromatic amines is 1. The summed E-state index contributed by atoms with van der Waals surface area (Å²) in [6.07, 6.45) is -0.674. The maximum absolute atomic E-state index is 14.0. The fourth-order valence-electron chi connectivity index (χ4n) is 2.31. The van der Waals surface area contributed by atoms with Gasteiger partial charge in [0, 0.05) is 7.11 Å². The molecule has 1 heterocycles. The number of amides is 1. The molecule has 0 aliphatic rings. The molecule has 0 saturated heterocycles. The zero-order chi connectivity index (χ0) is 20.4. The van der Waals surface area contributed by atoms with E-state index in [9.17, 15) is 13.6 Å². The van der Waals surface area contributed by atoms with Gasteiger partial charge in [0.25, 0.3) is 0 Å². The second-order valence-electron chi connectivity index (χ2n) is 7.56. The molecular weight excluding hydrogens is 358 g/mol. The highest BCUT2D eigenvalue weighted by molar-refractivity contribution is 5.68. The zero-order valence-electron chi connectivity index (χ0n) is 16.2. The monoisotopic (exact) mass is 382 g/mol.